The van der Waals surface area contributed by atoms with Crippen LogP contribution in [-0.4, -0.2) is 35.7 Å². The lowest BCUT2D eigenvalue weighted by molar-refractivity contribution is -0.109. The van der Waals surface area contributed by atoms with E-state index in [9.17, 15) is 0 Å². The van der Waals surface area contributed by atoms with E-state index in [0.29, 0.717) is 12.2 Å². The molecule has 14 heavy (non-hydrogen) atoms. The lowest BCUT2D eigenvalue weighted by Gasteiger charge is -2.44. The number of hydrogen-bond acceptors (Lipinski definition) is 2. The predicted molar refractivity (Wildman–Crippen MR) is 60.6 cm³/mol. The van der Waals surface area contributed by atoms with Crippen molar-refractivity contribution in [1.29, 1.82) is 0 Å². The number of morpholine rings is 1. The van der Waals surface area contributed by atoms with Gasteiger partial charge in [-0.1, -0.05) is 13.8 Å². The molecule has 2 heteroatoms. The second-order valence-electron chi connectivity index (χ2n) is 5.27. The molecule has 1 fully saturated rings. The van der Waals surface area contributed by atoms with E-state index in [1.165, 1.54) is 0 Å². The van der Waals surface area contributed by atoms with E-state index in [0.717, 1.165) is 25.9 Å². The maximum absolute atomic E-state index is 5.97. The van der Waals surface area contributed by atoms with Gasteiger partial charge in [-0.3, -0.25) is 4.90 Å². The molecule has 0 aromatic rings. The van der Waals surface area contributed by atoms with Gasteiger partial charge in [-0.2, -0.15) is 0 Å². The molecule has 0 aliphatic carbocycles. The topological polar surface area (TPSA) is 12.5 Å². The molecule has 0 aromatic heterocycles. The van der Waals surface area contributed by atoms with Crippen LogP contribution in [0.2, 0.25) is 0 Å². The van der Waals surface area contributed by atoms with E-state index in [2.05, 4.69) is 39.5 Å². The highest BCUT2D eigenvalue weighted by Crippen LogP contribution is 2.22. The molecule has 1 saturated heterocycles. The van der Waals surface area contributed by atoms with E-state index < -0.39 is 0 Å². The first kappa shape index (κ1) is 12.0. The molecule has 0 amide bonds. The van der Waals surface area contributed by atoms with Crippen LogP contribution >= 0.6 is 0 Å². The minimum atomic E-state index is 0.282. The van der Waals surface area contributed by atoms with Crippen molar-refractivity contribution in [2.45, 2.75) is 65.2 Å². The van der Waals surface area contributed by atoms with Crippen molar-refractivity contribution in [3.05, 3.63) is 0 Å². The third-order valence-corrected chi connectivity index (χ3v) is 3.09. The number of rotatable bonds is 2. The zero-order valence-corrected chi connectivity index (χ0v) is 10.3. The Hall–Kier alpha value is -0.0800. The largest absolute Gasteiger partial charge is 0.372 e. The maximum Gasteiger partial charge on any atom is 0.0704 e. The second kappa shape index (κ2) is 4.63. The van der Waals surface area contributed by atoms with Crippen LogP contribution in [0.4, 0.5) is 0 Å². The van der Waals surface area contributed by atoms with Gasteiger partial charge >= 0.3 is 0 Å². The highest BCUT2D eigenvalue weighted by molar-refractivity contribution is 4.84. The van der Waals surface area contributed by atoms with Crippen LogP contribution in [-0.2, 0) is 4.74 Å². The number of ether oxygens (including phenoxy) is 1. The first-order valence-corrected chi connectivity index (χ1v) is 5.87. The van der Waals surface area contributed by atoms with Crippen molar-refractivity contribution in [2.75, 3.05) is 13.1 Å². The lowest BCUT2D eigenvalue weighted by atomic mass is 10.0. The summed E-state index contributed by atoms with van der Waals surface area (Å²) in [5.41, 5.74) is 0.282. The van der Waals surface area contributed by atoms with Crippen LogP contribution in [0.25, 0.3) is 0 Å². The molecule has 2 nitrogen and oxygen atoms in total. The first-order valence-electron chi connectivity index (χ1n) is 5.87. The van der Waals surface area contributed by atoms with E-state index in [1.807, 2.05) is 0 Å². The average Bonchev–Trinajstić information content (AvgIpc) is 2.15. The van der Waals surface area contributed by atoms with Gasteiger partial charge < -0.3 is 4.74 Å². The molecule has 0 bridgehead atoms. The fraction of sp³-hybridized carbons (Fsp3) is 1.00. The van der Waals surface area contributed by atoms with Gasteiger partial charge in [0.1, 0.15) is 0 Å². The molecule has 2 atom stereocenters. The zero-order valence-electron chi connectivity index (χ0n) is 10.3. The summed E-state index contributed by atoms with van der Waals surface area (Å²) in [5.74, 6) is 0. The Balaban J connectivity index is 2.60. The van der Waals surface area contributed by atoms with Crippen molar-refractivity contribution in [2.24, 2.45) is 0 Å². The van der Waals surface area contributed by atoms with Crippen LogP contribution < -0.4 is 0 Å². The Labute approximate surface area is 88.6 Å². The van der Waals surface area contributed by atoms with E-state index in [-0.39, 0.29) is 5.54 Å². The fourth-order valence-corrected chi connectivity index (χ4v) is 1.92. The Kier molecular flexibility index (Phi) is 3.96. The highest BCUT2D eigenvalue weighted by Gasteiger charge is 2.31. The normalized spacial score (nSPS) is 30.6. The Bertz CT molecular complexity index is 162. The maximum atomic E-state index is 5.97. The van der Waals surface area contributed by atoms with Gasteiger partial charge in [0.05, 0.1) is 12.2 Å². The summed E-state index contributed by atoms with van der Waals surface area (Å²) in [6.07, 6.45) is 3.13. The van der Waals surface area contributed by atoms with Gasteiger partial charge in [0.2, 0.25) is 0 Å². The van der Waals surface area contributed by atoms with Gasteiger partial charge in [0.25, 0.3) is 0 Å². The lowest BCUT2D eigenvalue weighted by Crippen LogP contribution is -2.54. The molecule has 0 spiro atoms. The molecular formula is C12H25NO. The predicted octanol–water partition coefficient (Wildman–Crippen LogP) is 2.67. The van der Waals surface area contributed by atoms with Crippen LogP contribution in [0.5, 0.6) is 0 Å². The van der Waals surface area contributed by atoms with Crippen LogP contribution in [0, 0.1) is 0 Å². The van der Waals surface area contributed by atoms with E-state index in [4.69, 9.17) is 4.74 Å². The summed E-state index contributed by atoms with van der Waals surface area (Å²) < 4.78 is 5.97. The standard InChI is InChI=1S/C12H25NO/c1-6-10-8-13(12(3,4)5)9-11(7-2)14-10/h10-11H,6-9H2,1-5H3/t10-,11-/m0/s1. The van der Waals surface area contributed by atoms with Crippen molar-refractivity contribution in [1.82, 2.24) is 4.90 Å². The minimum absolute atomic E-state index is 0.282. The van der Waals surface area contributed by atoms with Crippen LogP contribution in [0.15, 0.2) is 0 Å². The SMILES string of the molecule is CC[C@H]1CN(C(C)(C)C)C[C@H](CC)O1. The quantitative estimate of drug-likeness (QED) is 0.678. The molecule has 0 saturated carbocycles. The van der Waals surface area contributed by atoms with Gasteiger partial charge in [-0.05, 0) is 33.6 Å². The molecule has 0 N–H and O–H groups in total. The van der Waals surface area contributed by atoms with Gasteiger partial charge in [0, 0.05) is 18.6 Å². The molecule has 1 aliphatic heterocycles. The third-order valence-electron chi connectivity index (χ3n) is 3.09. The summed E-state index contributed by atoms with van der Waals surface area (Å²) in [5, 5.41) is 0. The second-order valence-corrected chi connectivity index (χ2v) is 5.27. The molecule has 1 aliphatic rings. The van der Waals surface area contributed by atoms with Crippen LogP contribution in [0.1, 0.15) is 47.5 Å². The Morgan fingerprint density at radius 3 is 1.79 bits per heavy atom. The summed E-state index contributed by atoms with van der Waals surface area (Å²) in [7, 11) is 0. The van der Waals surface area contributed by atoms with Gasteiger partial charge in [0.15, 0.2) is 0 Å². The fourth-order valence-electron chi connectivity index (χ4n) is 1.92. The molecule has 0 unspecified atom stereocenters. The third kappa shape index (κ3) is 2.96. The summed E-state index contributed by atoms with van der Waals surface area (Å²) in [6, 6.07) is 0. The number of nitrogens with zero attached hydrogens (tertiary/aromatic N) is 1. The van der Waals surface area contributed by atoms with Crippen molar-refractivity contribution in [3.63, 3.8) is 0 Å². The number of hydrogen-bond donors (Lipinski definition) is 0. The Morgan fingerprint density at radius 2 is 1.50 bits per heavy atom. The average molecular weight is 199 g/mol. The smallest absolute Gasteiger partial charge is 0.0704 e. The first-order chi connectivity index (χ1) is 6.47. The van der Waals surface area contributed by atoms with E-state index >= 15 is 0 Å². The van der Waals surface area contributed by atoms with Crippen molar-refractivity contribution >= 4 is 0 Å². The summed E-state index contributed by atoms with van der Waals surface area (Å²) in [4.78, 5) is 2.55. The zero-order chi connectivity index (χ0) is 10.8. The minimum Gasteiger partial charge on any atom is -0.372 e. The molecule has 1 heterocycles. The summed E-state index contributed by atoms with van der Waals surface area (Å²) >= 11 is 0. The molecule has 0 radical (unpaired) electrons. The van der Waals surface area contributed by atoms with E-state index in [1.54, 1.807) is 0 Å². The molecule has 1 rings (SSSR count). The van der Waals surface area contributed by atoms with Gasteiger partial charge in [-0.25, -0.2) is 0 Å². The monoisotopic (exact) mass is 199 g/mol. The van der Waals surface area contributed by atoms with Crippen molar-refractivity contribution < 1.29 is 4.74 Å². The molecule has 84 valence electrons. The van der Waals surface area contributed by atoms with Crippen LogP contribution in [0.3, 0.4) is 0 Å². The van der Waals surface area contributed by atoms with Crippen molar-refractivity contribution in [3.8, 4) is 0 Å². The molecular weight excluding hydrogens is 174 g/mol. The van der Waals surface area contributed by atoms with Gasteiger partial charge in [-0.15, -0.1) is 0 Å². The summed E-state index contributed by atoms with van der Waals surface area (Å²) in [6.45, 7) is 13.5. The highest BCUT2D eigenvalue weighted by atomic mass is 16.5. The molecule has 0 aromatic carbocycles. The Morgan fingerprint density at radius 1 is 1.07 bits per heavy atom.